The van der Waals surface area contributed by atoms with E-state index in [9.17, 15) is 4.39 Å². The number of nitrogens with one attached hydrogen (secondary N) is 1. The Hall–Kier alpha value is -1.58. The van der Waals surface area contributed by atoms with Gasteiger partial charge in [0, 0.05) is 12.1 Å². The average Bonchev–Trinajstić information content (AvgIpc) is 2.34. The van der Waals surface area contributed by atoms with Crippen LogP contribution < -0.4 is 0 Å². The predicted octanol–water partition coefficient (Wildman–Crippen LogP) is 1.41. The molecule has 2 N–H and O–H groups in total. The number of aromatic nitrogens is 2. The fourth-order valence-corrected chi connectivity index (χ4v) is 0.994. The molecule has 56 valence electrons. The zero-order valence-electron chi connectivity index (χ0n) is 5.50. The molecule has 0 aliphatic rings. The number of fused-ring (bicyclic) bond motifs is 1. The van der Waals surface area contributed by atoms with Gasteiger partial charge < -0.3 is 5.11 Å². The summed E-state index contributed by atoms with van der Waals surface area (Å²) in [5.74, 6) is -0.562. The van der Waals surface area contributed by atoms with Crippen molar-refractivity contribution in [3.63, 3.8) is 0 Å². The molecule has 0 bridgehead atoms. The summed E-state index contributed by atoms with van der Waals surface area (Å²) in [6.07, 6.45) is 1.38. The lowest BCUT2D eigenvalue weighted by Gasteiger charge is -1.92. The van der Waals surface area contributed by atoms with Crippen molar-refractivity contribution in [2.75, 3.05) is 0 Å². The second kappa shape index (κ2) is 1.95. The zero-order chi connectivity index (χ0) is 7.84. The number of hydrogen-bond acceptors (Lipinski definition) is 2. The maximum atomic E-state index is 12.9. The standard InChI is InChI=1S/C7H5FN2O/c8-6-1-4(11)2-7-5(6)3-9-10-7/h1-3,11H,(H,9,10). The molecule has 0 aliphatic heterocycles. The lowest BCUT2D eigenvalue weighted by Crippen LogP contribution is -1.75. The predicted molar refractivity (Wildman–Crippen MR) is 37.7 cm³/mol. The smallest absolute Gasteiger partial charge is 0.137 e. The van der Waals surface area contributed by atoms with Crippen LogP contribution in [0.3, 0.4) is 0 Å². The third kappa shape index (κ3) is 0.832. The summed E-state index contributed by atoms with van der Waals surface area (Å²) < 4.78 is 12.9. The molecule has 4 heteroatoms. The fraction of sp³-hybridized carbons (Fsp3) is 0. The Bertz CT molecular complexity index is 396. The number of aromatic amines is 1. The van der Waals surface area contributed by atoms with Crippen molar-refractivity contribution in [1.29, 1.82) is 0 Å². The number of benzene rings is 1. The van der Waals surface area contributed by atoms with Gasteiger partial charge in [-0.3, -0.25) is 5.10 Å². The van der Waals surface area contributed by atoms with Gasteiger partial charge in [-0.2, -0.15) is 5.10 Å². The fourth-order valence-electron chi connectivity index (χ4n) is 0.994. The van der Waals surface area contributed by atoms with Gasteiger partial charge in [0.1, 0.15) is 11.6 Å². The molecule has 0 saturated carbocycles. The van der Waals surface area contributed by atoms with E-state index in [0.717, 1.165) is 6.07 Å². The normalized spacial score (nSPS) is 10.6. The highest BCUT2D eigenvalue weighted by molar-refractivity contribution is 5.79. The number of aromatic hydroxyl groups is 1. The minimum atomic E-state index is -0.464. The molecule has 2 rings (SSSR count). The minimum Gasteiger partial charge on any atom is -0.508 e. The Labute approximate surface area is 61.5 Å². The average molecular weight is 152 g/mol. The topological polar surface area (TPSA) is 48.9 Å². The third-order valence-electron chi connectivity index (χ3n) is 1.49. The molecule has 1 aromatic heterocycles. The third-order valence-corrected chi connectivity index (χ3v) is 1.49. The van der Waals surface area contributed by atoms with Gasteiger partial charge in [-0.15, -0.1) is 0 Å². The summed E-state index contributed by atoms with van der Waals surface area (Å²) in [6, 6.07) is 2.48. The van der Waals surface area contributed by atoms with E-state index in [1.807, 2.05) is 0 Å². The van der Waals surface area contributed by atoms with E-state index in [4.69, 9.17) is 5.11 Å². The van der Waals surface area contributed by atoms with Gasteiger partial charge in [-0.1, -0.05) is 0 Å². The van der Waals surface area contributed by atoms with E-state index in [1.165, 1.54) is 12.3 Å². The summed E-state index contributed by atoms with van der Waals surface area (Å²) >= 11 is 0. The number of phenols is 1. The van der Waals surface area contributed by atoms with Gasteiger partial charge in [-0.25, -0.2) is 4.39 Å². The molecule has 0 aliphatic carbocycles. The number of rotatable bonds is 0. The highest BCUT2D eigenvalue weighted by atomic mass is 19.1. The number of hydrogen-bond donors (Lipinski definition) is 2. The van der Waals surface area contributed by atoms with Gasteiger partial charge in [0.2, 0.25) is 0 Å². The Morgan fingerprint density at radius 3 is 3.09 bits per heavy atom. The summed E-state index contributed by atoms with van der Waals surface area (Å²) in [4.78, 5) is 0. The first kappa shape index (κ1) is 6.15. The molecule has 2 aromatic rings. The first-order valence-corrected chi connectivity index (χ1v) is 3.09. The van der Waals surface area contributed by atoms with Crippen molar-refractivity contribution in [3.05, 3.63) is 24.1 Å². The molecule has 0 amide bonds. The van der Waals surface area contributed by atoms with Crippen molar-refractivity contribution in [2.24, 2.45) is 0 Å². The van der Waals surface area contributed by atoms with Crippen molar-refractivity contribution in [3.8, 4) is 5.75 Å². The van der Waals surface area contributed by atoms with Crippen LogP contribution >= 0.6 is 0 Å². The number of halogens is 1. The maximum absolute atomic E-state index is 12.9. The highest BCUT2D eigenvalue weighted by Crippen LogP contribution is 2.20. The quantitative estimate of drug-likeness (QED) is 0.599. The monoisotopic (exact) mass is 152 g/mol. The molecule has 0 saturated heterocycles. The van der Waals surface area contributed by atoms with Gasteiger partial charge in [-0.05, 0) is 0 Å². The summed E-state index contributed by atoms with van der Waals surface area (Å²) in [5.41, 5.74) is 0.502. The van der Waals surface area contributed by atoms with Gasteiger partial charge in [0.05, 0.1) is 17.1 Å². The second-order valence-corrected chi connectivity index (χ2v) is 2.26. The maximum Gasteiger partial charge on any atom is 0.137 e. The molecule has 1 aromatic carbocycles. The lowest BCUT2D eigenvalue weighted by molar-refractivity contribution is 0.471. The first-order chi connectivity index (χ1) is 5.27. The Balaban J connectivity index is 2.91. The van der Waals surface area contributed by atoms with Crippen molar-refractivity contribution in [1.82, 2.24) is 10.2 Å². The zero-order valence-corrected chi connectivity index (χ0v) is 5.50. The van der Waals surface area contributed by atoms with E-state index >= 15 is 0 Å². The molecule has 0 atom stereocenters. The highest BCUT2D eigenvalue weighted by Gasteiger charge is 2.03. The molecule has 0 radical (unpaired) electrons. The van der Waals surface area contributed by atoms with Crippen molar-refractivity contribution >= 4 is 10.9 Å². The molecule has 0 fully saturated rings. The van der Waals surface area contributed by atoms with Gasteiger partial charge in [0.15, 0.2) is 0 Å². The molecule has 11 heavy (non-hydrogen) atoms. The number of nitrogens with zero attached hydrogens (tertiary/aromatic N) is 1. The number of H-pyrrole nitrogens is 1. The largest absolute Gasteiger partial charge is 0.508 e. The molecular formula is C7H5FN2O. The molecular weight excluding hydrogens is 147 g/mol. The van der Waals surface area contributed by atoms with Crippen LogP contribution in [0, 0.1) is 5.82 Å². The van der Waals surface area contributed by atoms with E-state index in [2.05, 4.69) is 10.2 Å². The van der Waals surface area contributed by atoms with Gasteiger partial charge >= 0.3 is 0 Å². The Kier molecular flexibility index (Phi) is 1.09. The van der Waals surface area contributed by atoms with Crippen LogP contribution in [0.15, 0.2) is 18.3 Å². The van der Waals surface area contributed by atoms with Crippen LogP contribution in [-0.2, 0) is 0 Å². The van der Waals surface area contributed by atoms with Crippen molar-refractivity contribution < 1.29 is 9.50 Å². The van der Waals surface area contributed by atoms with E-state index < -0.39 is 5.82 Å². The lowest BCUT2D eigenvalue weighted by atomic mass is 10.2. The molecule has 0 unspecified atom stereocenters. The summed E-state index contributed by atoms with van der Waals surface area (Å²) in [6.45, 7) is 0. The van der Waals surface area contributed by atoms with Crippen LogP contribution in [-0.4, -0.2) is 15.3 Å². The Morgan fingerprint density at radius 1 is 1.45 bits per heavy atom. The van der Waals surface area contributed by atoms with Crippen LogP contribution in [0.4, 0.5) is 4.39 Å². The molecule has 1 heterocycles. The van der Waals surface area contributed by atoms with E-state index in [-0.39, 0.29) is 5.75 Å². The second-order valence-electron chi connectivity index (χ2n) is 2.26. The van der Waals surface area contributed by atoms with Crippen LogP contribution in [0.2, 0.25) is 0 Å². The van der Waals surface area contributed by atoms with Crippen LogP contribution in [0.1, 0.15) is 0 Å². The SMILES string of the molecule is Oc1cc(F)c2cn[nH]c2c1. The molecule has 3 nitrogen and oxygen atoms in total. The van der Waals surface area contributed by atoms with Gasteiger partial charge in [0.25, 0.3) is 0 Å². The molecule has 0 spiro atoms. The van der Waals surface area contributed by atoms with E-state index in [0.29, 0.717) is 10.9 Å². The summed E-state index contributed by atoms with van der Waals surface area (Å²) in [7, 11) is 0. The van der Waals surface area contributed by atoms with E-state index in [1.54, 1.807) is 0 Å². The first-order valence-electron chi connectivity index (χ1n) is 3.09. The minimum absolute atomic E-state index is 0.0979. The van der Waals surface area contributed by atoms with Crippen molar-refractivity contribution in [2.45, 2.75) is 0 Å². The number of phenolic OH excluding ortho intramolecular Hbond substituents is 1. The Morgan fingerprint density at radius 2 is 2.27 bits per heavy atom. The summed E-state index contributed by atoms with van der Waals surface area (Å²) in [5, 5.41) is 15.5. The van der Waals surface area contributed by atoms with Crippen LogP contribution in [0.25, 0.3) is 10.9 Å². The van der Waals surface area contributed by atoms with Crippen LogP contribution in [0.5, 0.6) is 5.75 Å².